The molecule has 20 heavy (non-hydrogen) atoms. The van der Waals surface area contributed by atoms with E-state index in [0.717, 1.165) is 12.1 Å². The first-order valence-electron chi connectivity index (χ1n) is 6.90. The molecule has 1 nitrogen and oxygen atoms in total. The summed E-state index contributed by atoms with van der Waals surface area (Å²) in [6.45, 7) is 3.57. The van der Waals surface area contributed by atoms with Crippen LogP contribution in [0.25, 0.3) is 0 Å². The van der Waals surface area contributed by atoms with Gasteiger partial charge in [0.15, 0.2) is 0 Å². The zero-order chi connectivity index (χ0) is 14.4. The minimum atomic E-state index is -0.247. The van der Waals surface area contributed by atoms with Crippen molar-refractivity contribution in [3.63, 3.8) is 0 Å². The Bertz CT molecular complexity index is 537. The van der Waals surface area contributed by atoms with Crippen LogP contribution in [-0.4, -0.2) is 13.1 Å². The van der Waals surface area contributed by atoms with Gasteiger partial charge in [0.25, 0.3) is 0 Å². The molecule has 0 bridgehead atoms. The molecule has 2 aromatic rings. The highest BCUT2D eigenvalue weighted by Crippen LogP contribution is 2.23. The van der Waals surface area contributed by atoms with E-state index in [0.29, 0.717) is 18.5 Å². The lowest BCUT2D eigenvalue weighted by Gasteiger charge is -2.18. The lowest BCUT2D eigenvalue weighted by atomic mass is 9.91. The molecule has 0 fully saturated rings. The number of halogens is 2. The molecule has 0 aliphatic heterocycles. The molecule has 106 valence electrons. The SMILES string of the molecule is CCNCC(Cc1ccc(F)cc1)c1ccccc1F. The fourth-order valence-corrected chi connectivity index (χ4v) is 2.32. The molecular formula is C17H19F2N. The lowest BCUT2D eigenvalue weighted by molar-refractivity contribution is 0.544. The Hall–Kier alpha value is -1.74. The van der Waals surface area contributed by atoms with Gasteiger partial charge in [-0.05, 0) is 42.3 Å². The molecule has 0 aliphatic rings. The largest absolute Gasteiger partial charge is 0.316 e. The maximum atomic E-state index is 13.9. The number of hydrogen-bond donors (Lipinski definition) is 1. The first-order chi connectivity index (χ1) is 9.70. The second-order valence-corrected chi connectivity index (χ2v) is 4.86. The van der Waals surface area contributed by atoms with E-state index in [1.807, 2.05) is 19.1 Å². The first-order valence-corrected chi connectivity index (χ1v) is 6.90. The monoisotopic (exact) mass is 275 g/mol. The van der Waals surface area contributed by atoms with Crippen molar-refractivity contribution in [1.29, 1.82) is 0 Å². The highest BCUT2D eigenvalue weighted by molar-refractivity contribution is 5.26. The number of hydrogen-bond acceptors (Lipinski definition) is 1. The topological polar surface area (TPSA) is 12.0 Å². The molecule has 0 radical (unpaired) electrons. The maximum absolute atomic E-state index is 13.9. The molecule has 3 heteroatoms. The second kappa shape index (κ2) is 7.15. The molecule has 2 rings (SSSR count). The van der Waals surface area contributed by atoms with Gasteiger partial charge in [-0.25, -0.2) is 8.78 Å². The zero-order valence-electron chi connectivity index (χ0n) is 11.6. The van der Waals surface area contributed by atoms with Crippen molar-refractivity contribution >= 4 is 0 Å². The molecule has 0 aliphatic carbocycles. The third kappa shape index (κ3) is 3.87. The van der Waals surface area contributed by atoms with Gasteiger partial charge >= 0.3 is 0 Å². The van der Waals surface area contributed by atoms with Crippen molar-refractivity contribution in [2.24, 2.45) is 0 Å². The third-order valence-electron chi connectivity index (χ3n) is 3.38. The normalized spacial score (nSPS) is 12.3. The van der Waals surface area contributed by atoms with Gasteiger partial charge in [-0.3, -0.25) is 0 Å². The van der Waals surface area contributed by atoms with Crippen LogP contribution >= 0.6 is 0 Å². The summed E-state index contributed by atoms with van der Waals surface area (Å²) in [7, 11) is 0. The number of rotatable bonds is 6. The van der Waals surface area contributed by atoms with Gasteiger partial charge in [0.2, 0.25) is 0 Å². The Kier molecular flexibility index (Phi) is 5.24. The van der Waals surface area contributed by atoms with Gasteiger partial charge in [-0.2, -0.15) is 0 Å². The van der Waals surface area contributed by atoms with Gasteiger partial charge in [0.05, 0.1) is 0 Å². The van der Waals surface area contributed by atoms with Crippen molar-refractivity contribution in [1.82, 2.24) is 5.32 Å². The molecule has 0 heterocycles. The van der Waals surface area contributed by atoms with Crippen molar-refractivity contribution in [2.75, 3.05) is 13.1 Å². The van der Waals surface area contributed by atoms with Crippen LogP contribution in [0, 0.1) is 11.6 Å². The van der Waals surface area contributed by atoms with E-state index >= 15 is 0 Å². The molecule has 0 saturated carbocycles. The third-order valence-corrected chi connectivity index (χ3v) is 3.38. The van der Waals surface area contributed by atoms with Crippen LogP contribution in [0.2, 0.25) is 0 Å². The summed E-state index contributed by atoms with van der Waals surface area (Å²) in [5, 5.41) is 3.26. The molecule has 2 aromatic carbocycles. The van der Waals surface area contributed by atoms with Gasteiger partial charge in [-0.15, -0.1) is 0 Å². The van der Waals surface area contributed by atoms with E-state index in [9.17, 15) is 8.78 Å². The highest BCUT2D eigenvalue weighted by Gasteiger charge is 2.15. The Balaban J connectivity index is 2.19. The van der Waals surface area contributed by atoms with Crippen LogP contribution < -0.4 is 5.32 Å². The number of nitrogens with one attached hydrogen (secondary N) is 1. The van der Waals surface area contributed by atoms with Gasteiger partial charge < -0.3 is 5.32 Å². The van der Waals surface area contributed by atoms with Gasteiger partial charge in [0.1, 0.15) is 11.6 Å². The lowest BCUT2D eigenvalue weighted by Crippen LogP contribution is -2.23. The van der Waals surface area contributed by atoms with E-state index < -0.39 is 0 Å². The van der Waals surface area contributed by atoms with Crippen molar-refractivity contribution in [3.05, 3.63) is 71.3 Å². The van der Waals surface area contributed by atoms with Crippen LogP contribution in [0.3, 0.4) is 0 Å². The molecule has 0 aromatic heterocycles. The summed E-state index contributed by atoms with van der Waals surface area (Å²) < 4.78 is 26.9. The zero-order valence-corrected chi connectivity index (χ0v) is 11.6. The number of benzene rings is 2. The van der Waals surface area contributed by atoms with Crippen LogP contribution in [0.5, 0.6) is 0 Å². The summed E-state index contributed by atoms with van der Waals surface area (Å²) in [6, 6.07) is 13.3. The van der Waals surface area contributed by atoms with E-state index in [4.69, 9.17) is 0 Å². The fraction of sp³-hybridized carbons (Fsp3) is 0.294. The Morgan fingerprint density at radius 1 is 1.00 bits per heavy atom. The van der Waals surface area contributed by atoms with Crippen LogP contribution in [0.1, 0.15) is 24.0 Å². The summed E-state index contributed by atoms with van der Waals surface area (Å²) in [6.07, 6.45) is 0.689. The van der Waals surface area contributed by atoms with Gasteiger partial charge in [0, 0.05) is 12.5 Å². The van der Waals surface area contributed by atoms with Crippen molar-refractivity contribution in [2.45, 2.75) is 19.3 Å². The van der Waals surface area contributed by atoms with E-state index in [-0.39, 0.29) is 17.6 Å². The minimum absolute atomic E-state index is 0.0432. The standard InChI is InChI=1S/C17H19F2N/c1-2-20-12-14(16-5-3-4-6-17(16)19)11-13-7-9-15(18)10-8-13/h3-10,14,20H,2,11-12H2,1H3. The molecule has 0 spiro atoms. The summed E-state index contributed by atoms with van der Waals surface area (Å²) >= 11 is 0. The molecule has 1 N–H and O–H groups in total. The maximum Gasteiger partial charge on any atom is 0.126 e. The summed E-state index contributed by atoms with van der Waals surface area (Å²) in [5.41, 5.74) is 1.72. The number of likely N-dealkylation sites (N-methyl/N-ethyl adjacent to an activating group) is 1. The second-order valence-electron chi connectivity index (χ2n) is 4.86. The molecule has 1 unspecified atom stereocenters. The minimum Gasteiger partial charge on any atom is -0.316 e. The van der Waals surface area contributed by atoms with E-state index in [1.165, 1.54) is 18.2 Å². The predicted molar refractivity (Wildman–Crippen MR) is 77.8 cm³/mol. The average Bonchev–Trinajstić information content (AvgIpc) is 2.46. The van der Waals surface area contributed by atoms with Crippen molar-refractivity contribution in [3.8, 4) is 0 Å². The smallest absolute Gasteiger partial charge is 0.126 e. The molecular weight excluding hydrogens is 256 g/mol. The fourth-order valence-electron chi connectivity index (χ4n) is 2.32. The Morgan fingerprint density at radius 2 is 1.70 bits per heavy atom. The molecule has 1 atom stereocenters. The predicted octanol–water partition coefficient (Wildman–Crippen LogP) is 3.90. The van der Waals surface area contributed by atoms with Crippen LogP contribution in [0.4, 0.5) is 8.78 Å². The summed E-state index contributed by atoms with van der Waals surface area (Å²) in [5.74, 6) is -0.387. The Morgan fingerprint density at radius 3 is 2.35 bits per heavy atom. The first kappa shape index (κ1) is 14.7. The Labute approximate surface area is 118 Å². The van der Waals surface area contributed by atoms with E-state index in [2.05, 4.69) is 5.32 Å². The van der Waals surface area contributed by atoms with Crippen molar-refractivity contribution < 1.29 is 8.78 Å². The van der Waals surface area contributed by atoms with Crippen LogP contribution in [0.15, 0.2) is 48.5 Å². The quantitative estimate of drug-likeness (QED) is 0.843. The van der Waals surface area contributed by atoms with Crippen LogP contribution in [-0.2, 0) is 6.42 Å². The average molecular weight is 275 g/mol. The summed E-state index contributed by atoms with van der Waals surface area (Å²) in [4.78, 5) is 0. The van der Waals surface area contributed by atoms with E-state index in [1.54, 1.807) is 18.2 Å². The molecule has 0 amide bonds. The molecule has 0 saturated heterocycles. The van der Waals surface area contributed by atoms with Gasteiger partial charge in [-0.1, -0.05) is 37.3 Å². The highest BCUT2D eigenvalue weighted by atomic mass is 19.1.